The van der Waals surface area contributed by atoms with Gasteiger partial charge in [-0.2, -0.15) is 0 Å². The van der Waals surface area contributed by atoms with Crippen LogP contribution in [-0.2, 0) is 0 Å². The number of allylic oxidation sites excluding steroid dienone is 1. The summed E-state index contributed by atoms with van der Waals surface area (Å²) in [5.41, 5.74) is 2.37. The third-order valence-electron chi connectivity index (χ3n) is 3.80. The standard InChI is InChI=1S/C12H21N/c1-13-10-12(8-5-9-12)11-6-3-2-4-7-11/h6,13H,2-5,7-10H2,1H3. The summed E-state index contributed by atoms with van der Waals surface area (Å²) in [4.78, 5) is 0. The molecule has 0 unspecified atom stereocenters. The first kappa shape index (κ1) is 9.26. The number of hydrogen-bond donors (Lipinski definition) is 1. The van der Waals surface area contributed by atoms with Crippen molar-refractivity contribution in [2.24, 2.45) is 5.41 Å². The molecule has 0 aromatic rings. The van der Waals surface area contributed by atoms with Gasteiger partial charge in [0.1, 0.15) is 0 Å². The van der Waals surface area contributed by atoms with Crippen molar-refractivity contribution in [2.75, 3.05) is 13.6 Å². The summed E-state index contributed by atoms with van der Waals surface area (Å²) in [7, 11) is 2.09. The van der Waals surface area contributed by atoms with Gasteiger partial charge in [0.05, 0.1) is 0 Å². The zero-order chi connectivity index (χ0) is 9.15. The molecule has 0 aromatic heterocycles. The van der Waals surface area contributed by atoms with Gasteiger partial charge in [-0.1, -0.05) is 18.1 Å². The average Bonchev–Trinajstić information content (AvgIpc) is 2.13. The van der Waals surface area contributed by atoms with E-state index in [4.69, 9.17) is 0 Å². The van der Waals surface area contributed by atoms with E-state index in [0.717, 1.165) is 0 Å². The van der Waals surface area contributed by atoms with E-state index in [9.17, 15) is 0 Å². The van der Waals surface area contributed by atoms with Crippen LogP contribution in [0.1, 0.15) is 44.9 Å². The van der Waals surface area contributed by atoms with Crippen LogP contribution in [0.4, 0.5) is 0 Å². The van der Waals surface area contributed by atoms with Crippen LogP contribution in [0.25, 0.3) is 0 Å². The van der Waals surface area contributed by atoms with E-state index in [-0.39, 0.29) is 0 Å². The molecule has 0 heterocycles. The fourth-order valence-corrected chi connectivity index (χ4v) is 2.87. The SMILES string of the molecule is CNCC1(C2=CCCCC2)CCC1. The van der Waals surface area contributed by atoms with Crippen molar-refractivity contribution in [1.29, 1.82) is 0 Å². The zero-order valence-electron chi connectivity index (χ0n) is 8.73. The molecule has 1 saturated carbocycles. The average molecular weight is 179 g/mol. The Bertz CT molecular complexity index is 201. The third kappa shape index (κ3) is 1.67. The van der Waals surface area contributed by atoms with Crippen molar-refractivity contribution in [1.82, 2.24) is 5.32 Å². The molecule has 1 N–H and O–H groups in total. The molecule has 0 atom stereocenters. The summed E-state index contributed by atoms with van der Waals surface area (Å²) in [5, 5.41) is 3.37. The minimum absolute atomic E-state index is 0.592. The van der Waals surface area contributed by atoms with E-state index in [2.05, 4.69) is 18.4 Å². The Morgan fingerprint density at radius 3 is 2.62 bits per heavy atom. The van der Waals surface area contributed by atoms with Gasteiger partial charge in [-0.15, -0.1) is 0 Å². The second-order valence-electron chi connectivity index (χ2n) is 4.64. The lowest BCUT2D eigenvalue weighted by molar-refractivity contribution is 0.174. The van der Waals surface area contributed by atoms with Crippen molar-refractivity contribution < 1.29 is 0 Å². The summed E-state index contributed by atoms with van der Waals surface area (Å²) >= 11 is 0. The van der Waals surface area contributed by atoms with Crippen molar-refractivity contribution >= 4 is 0 Å². The Kier molecular flexibility index (Phi) is 2.73. The number of nitrogens with one attached hydrogen (secondary N) is 1. The predicted octanol–water partition coefficient (Wildman–Crippen LogP) is 2.88. The normalized spacial score (nSPS) is 26.4. The molecule has 0 amide bonds. The Labute approximate surface area is 81.6 Å². The molecule has 0 aromatic carbocycles. The van der Waals surface area contributed by atoms with Crippen LogP contribution >= 0.6 is 0 Å². The first-order valence-corrected chi connectivity index (χ1v) is 5.71. The topological polar surface area (TPSA) is 12.0 Å². The lowest BCUT2D eigenvalue weighted by Crippen LogP contribution is -2.40. The van der Waals surface area contributed by atoms with Gasteiger partial charge >= 0.3 is 0 Å². The minimum Gasteiger partial charge on any atom is -0.319 e. The molecule has 2 aliphatic rings. The monoisotopic (exact) mass is 179 g/mol. The Hall–Kier alpha value is -0.300. The van der Waals surface area contributed by atoms with Crippen LogP contribution in [-0.4, -0.2) is 13.6 Å². The fraction of sp³-hybridized carbons (Fsp3) is 0.833. The first-order valence-electron chi connectivity index (χ1n) is 5.71. The Balaban J connectivity index is 2.06. The molecule has 74 valence electrons. The van der Waals surface area contributed by atoms with E-state index < -0.39 is 0 Å². The number of hydrogen-bond acceptors (Lipinski definition) is 1. The van der Waals surface area contributed by atoms with Crippen molar-refractivity contribution in [3.05, 3.63) is 11.6 Å². The highest BCUT2D eigenvalue weighted by atomic mass is 14.8. The highest BCUT2D eigenvalue weighted by molar-refractivity contribution is 5.20. The zero-order valence-corrected chi connectivity index (χ0v) is 8.73. The summed E-state index contributed by atoms with van der Waals surface area (Å²) < 4.78 is 0. The molecule has 2 aliphatic carbocycles. The summed E-state index contributed by atoms with van der Waals surface area (Å²) in [6.45, 7) is 1.21. The minimum atomic E-state index is 0.592. The molecule has 13 heavy (non-hydrogen) atoms. The molecule has 1 heteroatoms. The van der Waals surface area contributed by atoms with Crippen molar-refractivity contribution in [2.45, 2.75) is 44.9 Å². The van der Waals surface area contributed by atoms with Gasteiger partial charge in [0.25, 0.3) is 0 Å². The fourth-order valence-electron chi connectivity index (χ4n) is 2.87. The summed E-state index contributed by atoms with van der Waals surface area (Å²) in [6.07, 6.45) is 12.4. The molecule has 0 saturated heterocycles. The van der Waals surface area contributed by atoms with E-state index in [0.29, 0.717) is 5.41 Å². The first-order chi connectivity index (χ1) is 6.37. The van der Waals surface area contributed by atoms with Gasteiger partial charge in [0.2, 0.25) is 0 Å². The molecular weight excluding hydrogens is 158 g/mol. The Morgan fingerprint density at radius 1 is 1.31 bits per heavy atom. The maximum Gasteiger partial charge on any atom is 0.00422 e. The summed E-state index contributed by atoms with van der Waals surface area (Å²) in [5.74, 6) is 0. The largest absolute Gasteiger partial charge is 0.319 e. The highest BCUT2D eigenvalue weighted by Crippen LogP contribution is 2.49. The van der Waals surface area contributed by atoms with Gasteiger partial charge in [0, 0.05) is 12.0 Å². The van der Waals surface area contributed by atoms with Crippen molar-refractivity contribution in [3.63, 3.8) is 0 Å². The van der Waals surface area contributed by atoms with Crippen LogP contribution in [0, 0.1) is 5.41 Å². The van der Waals surface area contributed by atoms with E-state index >= 15 is 0 Å². The third-order valence-corrected chi connectivity index (χ3v) is 3.80. The lowest BCUT2D eigenvalue weighted by Gasteiger charge is -2.45. The molecule has 1 fully saturated rings. The quantitative estimate of drug-likeness (QED) is 0.657. The number of rotatable bonds is 3. The maximum absolute atomic E-state index is 3.37. The van der Waals surface area contributed by atoms with Crippen LogP contribution in [0.2, 0.25) is 0 Å². The second-order valence-corrected chi connectivity index (χ2v) is 4.64. The van der Waals surface area contributed by atoms with Gasteiger partial charge in [-0.3, -0.25) is 0 Å². The van der Waals surface area contributed by atoms with Gasteiger partial charge in [-0.05, 0) is 45.6 Å². The maximum atomic E-state index is 3.37. The van der Waals surface area contributed by atoms with Crippen LogP contribution < -0.4 is 5.32 Å². The van der Waals surface area contributed by atoms with Gasteiger partial charge in [-0.25, -0.2) is 0 Å². The van der Waals surface area contributed by atoms with E-state index in [1.165, 1.54) is 51.5 Å². The molecule has 0 aliphatic heterocycles. The Morgan fingerprint density at radius 2 is 2.15 bits per heavy atom. The molecule has 0 spiro atoms. The van der Waals surface area contributed by atoms with Gasteiger partial charge < -0.3 is 5.32 Å². The summed E-state index contributed by atoms with van der Waals surface area (Å²) in [6, 6.07) is 0. The molecule has 0 radical (unpaired) electrons. The van der Waals surface area contributed by atoms with E-state index in [1.807, 2.05) is 0 Å². The molecular formula is C12H21N. The molecule has 2 rings (SSSR count). The van der Waals surface area contributed by atoms with Crippen molar-refractivity contribution in [3.8, 4) is 0 Å². The highest BCUT2D eigenvalue weighted by Gasteiger charge is 2.39. The molecule has 0 bridgehead atoms. The van der Waals surface area contributed by atoms with Crippen LogP contribution in [0.15, 0.2) is 11.6 Å². The lowest BCUT2D eigenvalue weighted by atomic mass is 9.62. The predicted molar refractivity (Wildman–Crippen MR) is 56.8 cm³/mol. The molecule has 1 nitrogen and oxygen atoms in total. The van der Waals surface area contributed by atoms with Crippen LogP contribution in [0.5, 0.6) is 0 Å². The van der Waals surface area contributed by atoms with Crippen LogP contribution in [0.3, 0.4) is 0 Å². The van der Waals surface area contributed by atoms with Gasteiger partial charge in [0.15, 0.2) is 0 Å². The van der Waals surface area contributed by atoms with E-state index in [1.54, 1.807) is 5.57 Å². The smallest absolute Gasteiger partial charge is 0.00422 e. The second kappa shape index (κ2) is 3.83.